The van der Waals surface area contributed by atoms with Gasteiger partial charge in [0, 0.05) is 15.2 Å². The van der Waals surface area contributed by atoms with Gasteiger partial charge in [-0.05, 0) is 35.9 Å². The Hall–Kier alpha value is -2.40. The van der Waals surface area contributed by atoms with Gasteiger partial charge in [0.15, 0.2) is 0 Å². The molecule has 4 rings (SSSR count). The van der Waals surface area contributed by atoms with E-state index in [-0.39, 0.29) is 0 Å². The van der Waals surface area contributed by atoms with Crippen molar-refractivity contribution in [1.82, 2.24) is 0 Å². The molecule has 0 radical (unpaired) electrons. The third-order valence-electron chi connectivity index (χ3n) is 3.97. The predicted octanol–water partition coefficient (Wildman–Crippen LogP) is 5.63. The van der Waals surface area contributed by atoms with Crippen molar-refractivity contribution >= 4 is 38.1 Å². The summed E-state index contributed by atoms with van der Waals surface area (Å²) in [5.74, 6) is 0.852. The second kappa shape index (κ2) is 5.66. The number of methoxy groups -OCH3 is 1. The second-order valence-electron chi connectivity index (χ2n) is 5.36. The largest absolute Gasteiger partial charge is 0.497 e. The van der Waals surface area contributed by atoms with Crippen LogP contribution >= 0.6 is 15.9 Å². The molecule has 23 heavy (non-hydrogen) atoms. The van der Waals surface area contributed by atoms with E-state index in [9.17, 15) is 0 Å². The quantitative estimate of drug-likeness (QED) is 0.601. The van der Waals surface area contributed by atoms with Gasteiger partial charge in [0.05, 0.1) is 25.0 Å². The molecule has 0 fully saturated rings. The standard InChI is InChI=1S/C18H14BrN3O/c1-23-13-7-5-12(6-8-13)11-22-17-10-9-15(19)14-3-2-4-16(18(14)17)20-21-22/h2-10H,11H2,1H3. The lowest BCUT2D eigenvalue weighted by atomic mass is 10.1. The first-order chi connectivity index (χ1) is 11.3. The van der Waals surface area contributed by atoms with E-state index in [1.807, 2.05) is 41.4 Å². The maximum atomic E-state index is 5.20. The predicted molar refractivity (Wildman–Crippen MR) is 95.3 cm³/mol. The Balaban J connectivity index is 1.75. The highest BCUT2D eigenvalue weighted by atomic mass is 79.9. The topological polar surface area (TPSA) is 37.2 Å². The van der Waals surface area contributed by atoms with Gasteiger partial charge >= 0.3 is 0 Å². The van der Waals surface area contributed by atoms with Crippen molar-refractivity contribution in [3.63, 3.8) is 0 Å². The van der Waals surface area contributed by atoms with Gasteiger partial charge < -0.3 is 4.74 Å². The Bertz CT molecular complexity index is 906. The molecule has 0 saturated heterocycles. The minimum absolute atomic E-state index is 0.665. The van der Waals surface area contributed by atoms with Gasteiger partial charge in [-0.2, -0.15) is 0 Å². The van der Waals surface area contributed by atoms with Gasteiger partial charge in [-0.15, -0.1) is 5.11 Å². The van der Waals surface area contributed by atoms with Crippen LogP contribution < -0.4 is 9.75 Å². The highest BCUT2D eigenvalue weighted by molar-refractivity contribution is 9.10. The highest BCUT2D eigenvalue weighted by Crippen LogP contribution is 2.42. The molecule has 1 aliphatic rings. The number of nitrogens with zero attached hydrogens (tertiary/aromatic N) is 3. The van der Waals surface area contributed by atoms with Crippen LogP contribution in [0.1, 0.15) is 5.56 Å². The summed E-state index contributed by atoms with van der Waals surface area (Å²) in [6.07, 6.45) is 0. The van der Waals surface area contributed by atoms with E-state index >= 15 is 0 Å². The first-order valence-corrected chi connectivity index (χ1v) is 8.09. The number of hydrogen-bond acceptors (Lipinski definition) is 4. The van der Waals surface area contributed by atoms with Crippen LogP contribution in [0.3, 0.4) is 0 Å². The summed E-state index contributed by atoms with van der Waals surface area (Å²) in [4.78, 5) is 0. The normalized spacial score (nSPS) is 12.7. The summed E-state index contributed by atoms with van der Waals surface area (Å²) >= 11 is 3.62. The van der Waals surface area contributed by atoms with Gasteiger partial charge in [-0.1, -0.05) is 45.4 Å². The molecule has 5 heteroatoms. The van der Waals surface area contributed by atoms with Gasteiger partial charge in [0.25, 0.3) is 0 Å². The molecule has 4 nitrogen and oxygen atoms in total. The lowest BCUT2D eigenvalue weighted by molar-refractivity contribution is 0.414. The number of halogens is 1. The fourth-order valence-electron chi connectivity index (χ4n) is 2.80. The van der Waals surface area contributed by atoms with E-state index < -0.39 is 0 Å². The molecule has 3 aromatic carbocycles. The van der Waals surface area contributed by atoms with Crippen LogP contribution in [0.25, 0.3) is 10.8 Å². The molecule has 0 spiro atoms. The molecule has 114 valence electrons. The third-order valence-corrected chi connectivity index (χ3v) is 4.66. The summed E-state index contributed by atoms with van der Waals surface area (Å²) < 4.78 is 6.27. The summed E-state index contributed by atoms with van der Waals surface area (Å²) in [5, 5.41) is 13.0. The number of anilines is 1. The SMILES string of the molecule is COc1ccc(CN2N=Nc3cccc4c(Br)ccc2c34)cc1. The molecular formula is C18H14BrN3O. The summed E-state index contributed by atoms with van der Waals surface area (Å²) in [6.45, 7) is 0.665. The molecule has 0 N–H and O–H groups in total. The maximum absolute atomic E-state index is 5.20. The average molecular weight is 368 g/mol. The van der Waals surface area contributed by atoms with E-state index in [1.165, 1.54) is 0 Å². The highest BCUT2D eigenvalue weighted by Gasteiger charge is 2.18. The summed E-state index contributed by atoms with van der Waals surface area (Å²) in [7, 11) is 1.67. The lowest BCUT2D eigenvalue weighted by Gasteiger charge is -2.24. The van der Waals surface area contributed by atoms with Crippen molar-refractivity contribution in [2.45, 2.75) is 6.54 Å². The zero-order chi connectivity index (χ0) is 15.8. The molecule has 0 aliphatic carbocycles. The van der Waals surface area contributed by atoms with Crippen molar-refractivity contribution in [1.29, 1.82) is 0 Å². The van der Waals surface area contributed by atoms with Crippen LogP contribution in [0.2, 0.25) is 0 Å². The zero-order valence-corrected chi connectivity index (χ0v) is 14.1. The molecular weight excluding hydrogens is 354 g/mol. The van der Waals surface area contributed by atoms with Crippen LogP contribution in [-0.2, 0) is 6.54 Å². The second-order valence-corrected chi connectivity index (χ2v) is 6.22. The number of benzene rings is 3. The van der Waals surface area contributed by atoms with Crippen LogP contribution in [0.5, 0.6) is 5.75 Å². The van der Waals surface area contributed by atoms with Crippen LogP contribution in [-0.4, -0.2) is 7.11 Å². The average Bonchev–Trinajstić information content (AvgIpc) is 2.60. The van der Waals surface area contributed by atoms with Gasteiger partial charge in [0.1, 0.15) is 5.75 Å². The lowest BCUT2D eigenvalue weighted by Crippen LogP contribution is -2.17. The molecule has 0 atom stereocenters. The molecule has 1 aliphatic heterocycles. The fraction of sp³-hybridized carbons (Fsp3) is 0.111. The molecule has 0 saturated carbocycles. The minimum Gasteiger partial charge on any atom is -0.497 e. The van der Waals surface area contributed by atoms with Gasteiger partial charge in [-0.25, -0.2) is 5.01 Å². The number of hydrogen-bond donors (Lipinski definition) is 0. The Morgan fingerprint density at radius 3 is 2.65 bits per heavy atom. The first-order valence-electron chi connectivity index (χ1n) is 7.29. The zero-order valence-electron chi connectivity index (χ0n) is 12.5. The van der Waals surface area contributed by atoms with Crippen LogP contribution in [0.4, 0.5) is 11.4 Å². The van der Waals surface area contributed by atoms with E-state index in [1.54, 1.807) is 7.11 Å². The minimum atomic E-state index is 0.665. The van der Waals surface area contributed by atoms with Gasteiger partial charge in [-0.3, -0.25) is 0 Å². The summed E-state index contributed by atoms with van der Waals surface area (Å²) in [5.41, 5.74) is 3.13. The van der Waals surface area contributed by atoms with Gasteiger partial charge in [0.2, 0.25) is 0 Å². The smallest absolute Gasteiger partial charge is 0.118 e. The molecule has 1 heterocycles. The monoisotopic (exact) mass is 367 g/mol. The molecule has 3 aromatic rings. The fourth-order valence-corrected chi connectivity index (χ4v) is 3.27. The number of ether oxygens (including phenoxy) is 1. The molecule has 0 amide bonds. The van der Waals surface area contributed by atoms with Crippen molar-refractivity contribution < 1.29 is 4.74 Å². The number of rotatable bonds is 3. The van der Waals surface area contributed by atoms with Crippen molar-refractivity contribution in [3.05, 3.63) is 64.6 Å². The van der Waals surface area contributed by atoms with Crippen LogP contribution in [0, 0.1) is 0 Å². The Morgan fingerprint density at radius 2 is 1.87 bits per heavy atom. The third kappa shape index (κ3) is 2.47. The molecule has 0 unspecified atom stereocenters. The Kier molecular flexibility index (Phi) is 3.50. The van der Waals surface area contributed by atoms with E-state index in [4.69, 9.17) is 4.74 Å². The Labute approximate surface area is 142 Å². The molecule has 0 bridgehead atoms. The van der Waals surface area contributed by atoms with E-state index in [0.717, 1.165) is 37.9 Å². The first kappa shape index (κ1) is 14.2. The van der Waals surface area contributed by atoms with Crippen molar-refractivity contribution in [2.24, 2.45) is 10.3 Å². The van der Waals surface area contributed by atoms with Crippen molar-refractivity contribution in [2.75, 3.05) is 12.1 Å². The van der Waals surface area contributed by atoms with Crippen LogP contribution in [0.15, 0.2) is 69.4 Å². The maximum Gasteiger partial charge on any atom is 0.118 e. The Morgan fingerprint density at radius 1 is 1.04 bits per heavy atom. The van der Waals surface area contributed by atoms with E-state index in [2.05, 4.69) is 44.5 Å². The molecule has 0 aromatic heterocycles. The van der Waals surface area contributed by atoms with Crippen molar-refractivity contribution in [3.8, 4) is 5.75 Å². The van der Waals surface area contributed by atoms with E-state index in [0.29, 0.717) is 6.54 Å². The summed E-state index contributed by atoms with van der Waals surface area (Å²) in [6, 6.07) is 18.2.